The van der Waals surface area contributed by atoms with E-state index in [0.717, 1.165) is 30.7 Å². The van der Waals surface area contributed by atoms with Crippen molar-refractivity contribution in [3.8, 4) is 5.75 Å². The Labute approximate surface area is 103 Å². The van der Waals surface area contributed by atoms with Gasteiger partial charge in [0.2, 0.25) is 0 Å². The number of benzene rings is 1. The lowest BCUT2D eigenvalue weighted by atomic mass is 10.2. The highest BCUT2D eigenvalue weighted by molar-refractivity contribution is 5.32. The molecule has 1 aromatic carbocycles. The van der Waals surface area contributed by atoms with Crippen LogP contribution < -0.4 is 10.1 Å². The van der Waals surface area contributed by atoms with E-state index < -0.39 is 0 Å². The third kappa shape index (κ3) is 5.68. The average Bonchev–Trinajstić information content (AvgIpc) is 2.25. The van der Waals surface area contributed by atoms with Crippen LogP contribution in [0.25, 0.3) is 0 Å². The van der Waals surface area contributed by atoms with E-state index in [-0.39, 0.29) is 5.82 Å². The second-order valence-corrected chi connectivity index (χ2v) is 4.57. The average molecular weight is 239 g/mol. The van der Waals surface area contributed by atoms with Gasteiger partial charge in [-0.1, -0.05) is 13.8 Å². The number of nitrogens with one attached hydrogen (secondary N) is 1. The Morgan fingerprint density at radius 1 is 1.29 bits per heavy atom. The van der Waals surface area contributed by atoms with E-state index in [0.29, 0.717) is 12.6 Å². The lowest BCUT2D eigenvalue weighted by Crippen LogP contribution is -2.23. The van der Waals surface area contributed by atoms with Crippen molar-refractivity contribution in [3.05, 3.63) is 29.6 Å². The fourth-order valence-corrected chi connectivity index (χ4v) is 1.57. The molecular formula is C14H22FNO. The second kappa shape index (κ2) is 7.28. The van der Waals surface area contributed by atoms with E-state index in [1.807, 2.05) is 6.92 Å². The van der Waals surface area contributed by atoms with E-state index in [9.17, 15) is 4.39 Å². The van der Waals surface area contributed by atoms with Gasteiger partial charge in [0, 0.05) is 6.04 Å². The first-order chi connectivity index (χ1) is 8.09. The van der Waals surface area contributed by atoms with Crippen LogP contribution in [0.5, 0.6) is 5.75 Å². The molecule has 0 fully saturated rings. The van der Waals surface area contributed by atoms with Crippen LogP contribution in [0.3, 0.4) is 0 Å². The van der Waals surface area contributed by atoms with Crippen molar-refractivity contribution < 1.29 is 9.13 Å². The van der Waals surface area contributed by atoms with Gasteiger partial charge in [-0.15, -0.1) is 0 Å². The molecule has 3 heteroatoms. The smallest absolute Gasteiger partial charge is 0.123 e. The van der Waals surface area contributed by atoms with Crippen molar-refractivity contribution >= 4 is 0 Å². The van der Waals surface area contributed by atoms with Gasteiger partial charge in [0.05, 0.1) is 6.61 Å². The van der Waals surface area contributed by atoms with E-state index in [4.69, 9.17) is 4.74 Å². The number of halogens is 1. The van der Waals surface area contributed by atoms with Gasteiger partial charge >= 0.3 is 0 Å². The van der Waals surface area contributed by atoms with E-state index in [1.165, 1.54) is 12.1 Å². The minimum Gasteiger partial charge on any atom is -0.493 e. The molecule has 1 aromatic rings. The van der Waals surface area contributed by atoms with Gasteiger partial charge in [0.1, 0.15) is 11.6 Å². The quantitative estimate of drug-likeness (QED) is 0.737. The summed E-state index contributed by atoms with van der Waals surface area (Å²) >= 11 is 0. The molecule has 1 rings (SSSR count). The van der Waals surface area contributed by atoms with Crippen LogP contribution in [0.2, 0.25) is 0 Å². The van der Waals surface area contributed by atoms with Gasteiger partial charge in [0.15, 0.2) is 0 Å². The lowest BCUT2D eigenvalue weighted by Gasteiger charge is -2.10. The summed E-state index contributed by atoms with van der Waals surface area (Å²) in [6.45, 7) is 7.84. The summed E-state index contributed by atoms with van der Waals surface area (Å²) in [7, 11) is 0. The van der Waals surface area contributed by atoms with Gasteiger partial charge in [-0.05, 0) is 50.1 Å². The molecule has 0 aliphatic heterocycles. The van der Waals surface area contributed by atoms with Gasteiger partial charge in [-0.25, -0.2) is 4.39 Å². The molecule has 96 valence electrons. The molecule has 1 N–H and O–H groups in total. The summed E-state index contributed by atoms with van der Waals surface area (Å²) in [5.41, 5.74) is 0.852. The topological polar surface area (TPSA) is 21.3 Å². The summed E-state index contributed by atoms with van der Waals surface area (Å²) in [4.78, 5) is 0. The predicted octanol–water partition coefficient (Wildman–Crippen LogP) is 3.29. The van der Waals surface area contributed by atoms with E-state index in [1.54, 1.807) is 6.07 Å². The first-order valence-electron chi connectivity index (χ1n) is 6.22. The molecule has 0 spiro atoms. The molecule has 0 bridgehead atoms. The third-order valence-electron chi connectivity index (χ3n) is 2.52. The Morgan fingerprint density at radius 2 is 2.06 bits per heavy atom. The molecule has 0 saturated heterocycles. The Morgan fingerprint density at radius 3 is 2.71 bits per heavy atom. The Balaban J connectivity index is 2.18. The summed E-state index contributed by atoms with van der Waals surface area (Å²) < 4.78 is 18.5. The van der Waals surface area contributed by atoms with Gasteiger partial charge in [0.25, 0.3) is 0 Å². The number of unbranched alkanes of at least 4 members (excludes halogenated alkanes) is 1. The summed E-state index contributed by atoms with van der Waals surface area (Å²) in [5, 5.41) is 3.36. The summed E-state index contributed by atoms with van der Waals surface area (Å²) in [6.07, 6.45) is 2.11. The van der Waals surface area contributed by atoms with Crippen LogP contribution in [0.1, 0.15) is 32.3 Å². The predicted molar refractivity (Wildman–Crippen MR) is 69.0 cm³/mol. The number of hydrogen-bond donors (Lipinski definition) is 1. The van der Waals surface area contributed by atoms with Crippen LogP contribution in [0, 0.1) is 12.7 Å². The largest absolute Gasteiger partial charge is 0.493 e. The summed E-state index contributed by atoms with van der Waals surface area (Å²) in [6, 6.07) is 5.16. The van der Waals surface area contributed by atoms with Crippen molar-refractivity contribution in [2.45, 2.75) is 39.7 Å². The number of aryl methyl sites for hydroxylation is 1. The van der Waals surface area contributed by atoms with Gasteiger partial charge in [-0.3, -0.25) is 0 Å². The molecular weight excluding hydrogens is 217 g/mol. The maximum atomic E-state index is 12.8. The molecule has 0 heterocycles. The Kier molecular flexibility index (Phi) is 5.98. The Hall–Kier alpha value is -1.09. The standard InChI is InChI=1S/C14H22FNO/c1-11(2)16-8-4-5-9-17-14-7-6-13(15)10-12(14)3/h6-7,10-11,16H,4-5,8-9H2,1-3H3. The lowest BCUT2D eigenvalue weighted by molar-refractivity contribution is 0.302. The molecule has 0 aliphatic rings. The third-order valence-corrected chi connectivity index (χ3v) is 2.52. The van der Waals surface area contributed by atoms with Crippen LogP contribution in [0.4, 0.5) is 4.39 Å². The highest BCUT2D eigenvalue weighted by atomic mass is 19.1. The minimum absolute atomic E-state index is 0.212. The SMILES string of the molecule is Cc1cc(F)ccc1OCCCCNC(C)C. The van der Waals surface area contributed by atoms with Crippen molar-refractivity contribution in [2.75, 3.05) is 13.2 Å². The fraction of sp³-hybridized carbons (Fsp3) is 0.571. The molecule has 0 unspecified atom stereocenters. The maximum Gasteiger partial charge on any atom is 0.123 e. The monoisotopic (exact) mass is 239 g/mol. The van der Waals surface area contributed by atoms with Gasteiger partial charge < -0.3 is 10.1 Å². The normalized spacial score (nSPS) is 10.9. The molecule has 0 saturated carbocycles. The first kappa shape index (κ1) is 14.0. The number of rotatable bonds is 7. The summed E-state index contributed by atoms with van der Waals surface area (Å²) in [5.74, 6) is 0.569. The highest BCUT2D eigenvalue weighted by Crippen LogP contribution is 2.18. The first-order valence-corrected chi connectivity index (χ1v) is 6.22. The molecule has 0 amide bonds. The minimum atomic E-state index is -0.212. The number of ether oxygens (including phenoxy) is 1. The molecule has 0 radical (unpaired) electrons. The van der Waals surface area contributed by atoms with Crippen LogP contribution in [-0.4, -0.2) is 19.2 Å². The fourth-order valence-electron chi connectivity index (χ4n) is 1.57. The van der Waals surface area contributed by atoms with E-state index in [2.05, 4.69) is 19.2 Å². The van der Waals surface area contributed by atoms with Crippen LogP contribution in [0.15, 0.2) is 18.2 Å². The van der Waals surface area contributed by atoms with Gasteiger partial charge in [-0.2, -0.15) is 0 Å². The second-order valence-electron chi connectivity index (χ2n) is 4.57. The zero-order valence-corrected chi connectivity index (χ0v) is 10.9. The molecule has 2 nitrogen and oxygen atoms in total. The van der Waals surface area contributed by atoms with Crippen molar-refractivity contribution in [2.24, 2.45) is 0 Å². The van der Waals surface area contributed by atoms with Crippen LogP contribution in [-0.2, 0) is 0 Å². The molecule has 0 aromatic heterocycles. The zero-order chi connectivity index (χ0) is 12.7. The zero-order valence-electron chi connectivity index (χ0n) is 10.9. The van der Waals surface area contributed by atoms with Crippen LogP contribution >= 0.6 is 0 Å². The van der Waals surface area contributed by atoms with Crippen molar-refractivity contribution in [1.29, 1.82) is 0 Å². The van der Waals surface area contributed by atoms with E-state index >= 15 is 0 Å². The Bertz CT molecular complexity index is 339. The molecule has 17 heavy (non-hydrogen) atoms. The molecule has 0 atom stereocenters. The van der Waals surface area contributed by atoms with Crippen molar-refractivity contribution in [1.82, 2.24) is 5.32 Å². The number of hydrogen-bond acceptors (Lipinski definition) is 2. The maximum absolute atomic E-state index is 12.8. The molecule has 0 aliphatic carbocycles. The van der Waals surface area contributed by atoms with Crippen molar-refractivity contribution in [3.63, 3.8) is 0 Å². The highest BCUT2D eigenvalue weighted by Gasteiger charge is 2.00.